The van der Waals surface area contributed by atoms with Crippen LogP contribution in [0.15, 0.2) is 18.2 Å². The van der Waals surface area contributed by atoms with Gasteiger partial charge in [-0.15, -0.1) is 0 Å². The van der Waals surface area contributed by atoms with Crippen molar-refractivity contribution in [2.45, 2.75) is 37.1 Å². The van der Waals surface area contributed by atoms with Gasteiger partial charge in [0.2, 0.25) is 0 Å². The zero-order valence-electron chi connectivity index (χ0n) is 8.09. The van der Waals surface area contributed by atoms with Crippen LogP contribution in [0.5, 0.6) is 0 Å². The Balaban J connectivity index is 2.21. The molecular formula is C12H14ClN. The maximum Gasteiger partial charge on any atom is 0.0447 e. The fourth-order valence-electron chi connectivity index (χ4n) is 2.86. The summed E-state index contributed by atoms with van der Waals surface area (Å²) in [5.74, 6) is 0. The Bertz CT molecular complexity index is 382. The third-order valence-electron chi connectivity index (χ3n) is 3.82. The number of rotatable bonds is 0. The maximum atomic E-state index is 6.28. The zero-order chi connectivity index (χ0) is 9.76. The molecule has 1 nitrogen and oxygen atoms in total. The molecule has 2 N–H and O–H groups in total. The van der Waals surface area contributed by atoms with Crippen molar-refractivity contribution in [1.29, 1.82) is 0 Å². The SMILES string of the molecule is NC1CCc2cccc(Cl)c2C12CC2. The van der Waals surface area contributed by atoms with E-state index in [4.69, 9.17) is 17.3 Å². The van der Waals surface area contributed by atoms with Crippen molar-refractivity contribution in [2.75, 3.05) is 0 Å². The molecule has 1 aromatic carbocycles. The number of hydrogen-bond donors (Lipinski definition) is 1. The smallest absolute Gasteiger partial charge is 0.0447 e. The largest absolute Gasteiger partial charge is 0.327 e. The van der Waals surface area contributed by atoms with Crippen molar-refractivity contribution in [3.8, 4) is 0 Å². The van der Waals surface area contributed by atoms with Crippen LogP contribution < -0.4 is 5.73 Å². The molecule has 0 radical (unpaired) electrons. The summed E-state index contributed by atoms with van der Waals surface area (Å²) in [6.45, 7) is 0. The Hall–Kier alpha value is -0.530. The van der Waals surface area contributed by atoms with E-state index in [0.717, 1.165) is 17.9 Å². The van der Waals surface area contributed by atoms with Gasteiger partial charge in [0.25, 0.3) is 0 Å². The first-order valence-corrected chi connectivity index (χ1v) is 5.65. The summed E-state index contributed by atoms with van der Waals surface area (Å²) in [4.78, 5) is 0. The highest BCUT2D eigenvalue weighted by molar-refractivity contribution is 6.31. The van der Waals surface area contributed by atoms with Gasteiger partial charge in [-0.25, -0.2) is 0 Å². The van der Waals surface area contributed by atoms with Gasteiger partial charge in [-0.1, -0.05) is 23.7 Å². The molecule has 2 aliphatic rings. The number of halogens is 1. The Morgan fingerprint density at radius 1 is 1.36 bits per heavy atom. The Morgan fingerprint density at radius 2 is 2.14 bits per heavy atom. The van der Waals surface area contributed by atoms with Gasteiger partial charge in [0.15, 0.2) is 0 Å². The number of hydrogen-bond acceptors (Lipinski definition) is 1. The molecule has 1 atom stereocenters. The molecule has 0 saturated heterocycles. The van der Waals surface area contributed by atoms with Crippen molar-refractivity contribution in [1.82, 2.24) is 0 Å². The fourth-order valence-corrected chi connectivity index (χ4v) is 3.25. The van der Waals surface area contributed by atoms with Gasteiger partial charge in [0, 0.05) is 16.5 Å². The van der Waals surface area contributed by atoms with Crippen LogP contribution in [0.3, 0.4) is 0 Å². The molecular weight excluding hydrogens is 194 g/mol. The molecule has 1 unspecified atom stereocenters. The molecule has 74 valence electrons. The van der Waals surface area contributed by atoms with Gasteiger partial charge >= 0.3 is 0 Å². The van der Waals surface area contributed by atoms with Crippen LogP contribution in [0, 0.1) is 0 Å². The maximum absolute atomic E-state index is 6.28. The highest BCUT2D eigenvalue weighted by atomic mass is 35.5. The predicted molar refractivity (Wildman–Crippen MR) is 58.7 cm³/mol. The van der Waals surface area contributed by atoms with Crippen LogP contribution in [-0.2, 0) is 11.8 Å². The highest BCUT2D eigenvalue weighted by Crippen LogP contribution is 2.56. The predicted octanol–water partition coefficient (Wildman–Crippen LogP) is 2.65. The van der Waals surface area contributed by atoms with Crippen molar-refractivity contribution in [3.63, 3.8) is 0 Å². The summed E-state index contributed by atoms with van der Waals surface area (Å²) in [6.07, 6.45) is 4.67. The van der Waals surface area contributed by atoms with Gasteiger partial charge < -0.3 is 5.73 Å². The minimum Gasteiger partial charge on any atom is -0.327 e. The topological polar surface area (TPSA) is 26.0 Å². The second-order valence-corrected chi connectivity index (χ2v) is 4.98. The zero-order valence-corrected chi connectivity index (χ0v) is 8.85. The summed E-state index contributed by atoms with van der Waals surface area (Å²) in [6, 6.07) is 6.58. The van der Waals surface area contributed by atoms with E-state index in [1.165, 1.54) is 24.0 Å². The molecule has 1 saturated carbocycles. The Labute approximate surface area is 89.3 Å². The summed E-state index contributed by atoms with van der Waals surface area (Å²) in [5.41, 5.74) is 9.24. The van der Waals surface area contributed by atoms with Gasteiger partial charge in [-0.2, -0.15) is 0 Å². The summed E-state index contributed by atoms with van der Waals surface area (Å²) < 4.78 is 0. The van der Waals surface area contributed by atoms with Crippen molar-refractivity contribution in [2.24, 2.45) is 5.73 Å². The van der Waals surface area contributed by atoms with Crippen LogP contribution in [0.4, 0.5) is 0 Å². The number of benzene rings is 1. The third-order valence-corrected chi connectivity index (χ3v) is 4.14. The number of nitrogens with two attached hydrogens (primary N) is 1. The van der Waals surface area contributed by atoms with E-state index in [1.54, 1.807) is 0 Å². The van der Waals surface area contributed by atoms with Crippen LogP contribution in [-0.4, -0.2) is 6.04 Å². The highest BCUT2D eigenvalue weighted by Gasteiger charge is 2.52. The molecule has 2 aliphatic carbocycles. The Morgan fingerprint density at radius 3 is 2.86 bits per heavy atom. The van der Waals surface area contributed by atoms with Crippen LogP contribution in [0.2, 0.25) is 5.02 Å². The monoisotopic (exact) mass is 207 g/mol. The first kappa shape index (κ1) is 8.75. The first-order chi connectivity index (χ1) is 6.74. The average molecular weight is 208 g/mol. The lowest BCUT2D eigenvalue weighted by atomic mass is 9.77. The number of aryl methyl sites for hydroxylation is 1. The molecule has 0 aromatic heterocycles. The van der Waals surface area contributed by atoms with Crippen LogP contribution in [0.25, 0.3) is 0 Å². The van der Waals surface area contributed by atoms with E-state index in [2.05, 4.69) is 6.07 Å². The lowest BCUT2D eigenvalue weighted by Crippen LogP contribution is -2.39. The van der Waals surface area contributed by atoms with Crippen molar-refractivity contribution >= 4 is 11.6 Å². The molecule has 0 aliphatic heterocycles. The first-order valence-electron chi connectivity index (χ1n) is 5.27. The van der Waals surface area contributed by atoms with E-state index in [9.17, 15) is 0 Å². The second kappa shape index (κ2) is 2.74. The lowest BCUT2D eigenvalue weighted by molar-refractivity contribution is 0.455. The lowest BCUT2D eigenvalue weighted by Gasteiger charge is -2.32. The standard InChI is InChI=1S/C12H14ClN/c13-9-3-1-2-8-4-5-10(14)12(6-7-12)11(8)9/h1-3,10H,4-7,14H2. The summed E-state index contributed by atoms with van der Waals surface area (Å²) in [5, 5.41) is 0.926. The normalized spacial score (nSPS) is 27.4. The molecule has 0 amide bonds. The van der Waals surface area contributed by atoms with Gasteiger partial charge in [-0.3, -0.25) is 0 Å². The van der Waals surface area contributed by atoms with Crippen LogP contribution >= 0.6 is 11.6 Å². The average Bonchev–Trinajstić information content (AvgIpc) is 2.94. The molecule has 14 heavy (non-hydrogen) atoms. The molecule has 3 rings (SSSR count). The van der Waals surface area contributed by atoms with Crippen LogP contribution in [0.1, 0.15) is 30.4 Å². The fraction of sp³-hybridized carbons (Fsp3) is 0.500. The van der Waals surface area contributed by atoms with Crippen molar-refractivity contribution in [3.05, 3.63) is 34.3 Å². The molecule has 2 heteroatoms. The van der Waals surface area contributed by atoms with E-state index in [0.29, 0.717) is 6.04 Å². The minimum atomic E-state index is 0.256. The molecule has 0 bridgehead atoms. The van der Waals surface area contributed by atoms with E-state index < -0.39 is 0 Å². The quantitative estimate of drug-likeness (QED) is 0.696. The third kappa shape index (κ3) is 0.999. The molecule has 1 spiro atoms. The summed E-state index contributed by atoms with van der Waals surface area (Å²) in [7, 11) is 0. The molecule has 0 heterocycles. The van der Waals surface area contributed by atoms with E-state index in [-0.39, 0.29) is 5.41 Å². The number of fused-ring (bicyclic) bond motifs is 2. The summed E-state index contributed by atoms with van der Waals surface area (Å²) >= 11 is 6.28. The van der Waals surface area contributed by atoms with Crippen molar-refractivity contribution < 1.29 is 0 Å². The van der Waals surface area contributed by atoms with Gasteiger partial charge in [0.1, 0.15) is 0 Å². The molecule has 1 aromatic rings. The Kier molecular flexibility index (Phi) is 1.71. The van der Waals surface area contributed by atoms with E-state index in [1.807, 2.05) is 12.1 Å². The molecule has 1 fully saturated rings. The van der Waals surface area contributed by atoms with E-state index >= 15 is 0 Å². The van der Waals surface area contributed by atoms with Gasteiger partial charge in [-0.05, 0) is 42.9 Å². The minimum absolute atomic E-state index is 0.256. The van der Waals surface area contributed by atoms with Gasteiger partial charge in [0.05, 0.1) is 0 Å². The second-order valence-electron chi connectivity index (χ2n) is 4.58.